The van der Waals surface area contributed by atoms with E-state index in [1.807, 2.05) is 0 Å². The molecule has 0 bridgehead atoms. The lowest BCUT2D eigenvalue weighted by molar-refractivity contribution is -0.141. The molecule has 1 heterocycles. The highest BCUT2D eigenvalue weighted by molar-refractivity contribution is 7.89. The molecule has 0 radical (unpaired) electrons. The Morgan fingerprint density at radius 3 is 2.50 bits per heavy atom. The summed E-state index contributed by atoms with van der Waals surface area (Å²) in [6.07, 6.45) is -4.85. The number of aliphatic carboxylic acids is 1. The van der Waals surface area contributed by atoms with Crippen LogP contribution in [0.15, 0.2) is 23.1 Å². The van der Waals surface area contributed by atoms with E-state index in [1.165, 1.54) is 0 Å². The van der Waals surface area contributed by atoms with E-state index in [4.69, 9.17) is 16.7 Å². The van der Waals surface area contributed by atoms with E-state index >= 15 is 0 Å². The number of hydrogen-bond acceptors (Lipinski definition) is 3. The molecule has 1 N–H and O–H groups in total. The number of alkyl halides is 3. The summed E-state index contributed by atoms with van der Waals surface area (Å²) in [7, 11) is -4.53. The summed E-state index contributed by atoms with van der Waals surface area (Å²) in [4.78, 5) is 9.84. The molecule has 5 nitrogen and oxygen atoms in total. The van der Waals surface area contributed by atoms with Gasteiger partial charge >= 0.3 is 12.1 Å². The van der Waals surface area contributed by atoms with Crippen molar-refractivity contribution in [3.63, 3.8) is 0 Å². The van der Waals surface area contributed by atoms with Crippen LogP contribution in [0.5, 0.6) is 0 Å². The minimum Gasteiger partial charge on any atom is -0.481 e. The first-order valence-corrected chi connectivity index (χ1v) is 7.95. The lowest BCUT2D eigenvalue weighted by Crippen LogP contribution is -2.31. The number of carbonyl (C=O) groups is 1. The number of halogens is 4. The fourth-order valence-electron chi connectivity index (χ4n) is 2.27. The van der Waals surface area contributed by atoms with Crippen molar-refractivity contribution >= 4 is 27.6 Å². The Morgan fingerprint density at radius 1 is 1.36 bits per heavy atom. The standard InChI is InChI=1S/C12H11ClF3NO4S/c13-9-3-1-2-8(12(14,15)16)10(9)22(20,21)17-5-4-7(6-17)11(18)19/h1-3,7H,4-6H2,(H,18,19). The van der Waals surface area contributed by atoms with Crippen molar-refractivity contribution in [2.24, 2.45) is 5.92 Å². The molecule has 0 aromatic heterocycles. The first-order valence-electron chi connectivity index (χ1n) is 6.14. The summed E-state index contributed by atoms with van der Waals surface area (Å²) in [6.45, 7) is -0.540. The number of carboxylic acids is 1. The first-order chi connectivity index (χ1) is 10.0. The molecule has 1 unspecified atom stereocenters. The van der Waals surface area contributed by atoms with Crippen molar-refractivity contribution in [2.45, 2.75) is 17.5 Å². The third-order valence-electron chi connectivity index (χ3n) is 3.37. The highest BCUT2D eigenvalue weighted by atomic mass is 35.5. The van der Waals surface area contributed by atoms with E-state index in [9.17, 15) is 26.4 Å². The van der Waals surface area contributed by atoms with Crippen LogP contribution in [0, 0.1) is 5.92 Å². The van der Waals surface area contributed by atoms with Gasteiger partial charge in [-0.05, 0) is 18.6 Å². The van der Waals surface area contributed by atoms with Crippen LogP contribution in [-0.4, -0.2) is 36.9 Å². The monoisotopic (exact) mass is 357 g/mol. The van der Waals surface area contributed by atoms with Crippen molar-refractivity contribution in [3.8, 4) is 0 Å². The lowest BCUT2D eigenvalue weighted by atomic mass is 10.1. The molecule has 1 atom stereocenters. The van der Waals surface area contributed by atoms with Gasteiger partial charge in [-0.15, -0.1) is 0 Å². The molecule has 0 saturated carbocycles. The molecule has 10 heteroatoms. The van der Waals surface area contributed by atoms with Gasteiger partial charge in [0.25, 0.3) is 0 Å². The molecule has 0 amide bonds. The third kappa shape index (κ3) is 3.06. The zero-order chi connectivity index (χ0) is 16.7. The Balaban J connectivity index is 2.50. The largest absolute Gasteiger partial charge is 0.481 e. The van der Waals surface area contributed by atoms with E-state index in [0.29, 0.717) is 6.07 Å². The highest BCUT2D eigenvalue weighted by Gasteiger charge is 2.43. The van der Waals surface area contributed by atoms with Gasteiger partial charge in [0.2, 0.25) is 10.0 Å². The van der Waals surface area contributed by atoms with Crippen LogP contribution in [0.2, 0.25) is 5.02 Å². The normalized spacial score (nSPS) is 20.3. The van der Waals surface area contributed by atoms with Gasteiger partial charge in [0, 0.05) is 13.1 Å². The molecule has 1 aromatic rings. The molecule has 122 valence electrons. The van der Waals surface area contributed by atoms with Crippen LogP contribution in [0.4, 0.5) is 13.2 Å². The SMILES string of the molecule is O=C(O)C1CCN(S(=O)(=O)c2c(Cl)cccc2C(F)(F)F)C1. The van der Waals surface area contributed by atoms with E-state index in [0.717, 1.165) is 16.4 Å². The van der Waals surface area contributed by atoms with Gasteiger partial charge in [0.1, 0.15) is 4.90 Å². The fourth-order valence-corrected chi connectivity index (χ4v) is 4.49. The van der Waals surface area contributed by atoms with Gasteiger partial charge in [0.05, 0.1) is 16.5 Å². The fraction of sp³-hybridized carbons (Fsp3) is 0.417. The van der Waals surface area contributed by atoms with Crippen LogP contribution in [0.1, 0.15) is 12.0 Å². The van der Waals surface area contributed by atoms with Crippen LogP contribution in [0.3, 0.4) is 0 Å². The molecule has 2 rings (SSSR count). The van der Waals surface area contributed by atoms with Crippen molar-refractivity contribution in [2.75, 3.05) is 13.1 Å². The second-order valence-electron chi connectivity index (χ2n) is 4.80. The number of sulfonamides is 1. The number of rotatable bonds is 3. The molecule has 22 heavy (non-hydrogen) atoms. The average Bonchev–Trinajstić information content (AvgIpc) is 2.87. The van der Waals surface area contributed by atoms with Crippen molar-refractivity contribution in [1.29, 1.82) is 0 Å². The molecular weight excluding hydrogens is 347 g/mol. The molecule has 1 aliphatic heterocycles. The maximum Gasteiger partial charge on any atom is 0.417 e. The second-order valence-corrected chi connectivity index (χ2v) is 7.08. The predicted molar refractivity (Wildman–Crippen MR) is 71.0 cm³/mol. The highest BCUT2D eigenvalue weighted by Crippen LogP contribution is 2.39. The van der Waals surface area contributed by atoms with Gasteiger partial charge in [-0.1, -0.05) is 17.7 Å². The number of nitrogens with zero attached hydrogens (tertiary/aromatic N) is 1. The summed E-state index contributed by atoms with van der Waals surface area (Å²) in [5.74, 6) is -2.13. The summed E-state index contributed by atoms with van der Waals surface area (Å²) < 4.78 is 64.6. The maximum atomic E-state index is 13.0. The summed E-state index contributed by atoms with van der Waals surface area (Å²) >= 11 is 5.68. The van der Waals surface area contributed by atoms with Gasteiger partial charge in [-0.2, -0.15) is 17.5 Å². The average molecular weight is 358 g/mol. The van der Waals surface area contributed by atoms with Crippen LogP contribution in [-0.2, 0) is 21.0 Å². The van der Waals surface area contributed by atoms with Crippen LogP contribution >= 0.6 is 11.6 Å². The Kier molecular flexibility index (Phi) is 4.42. The lowest BCUT2D eigenvalue weighted by Gasteiger charge is -2.20. The van der Waals surface area contributed by atoms with Crippen molar-refractivity contribution < 1.29 is 31.5 Å². The molecule has 1 saturated heterocycles. The van der Waals surface area contributed by atoms with Crippen molar-refractivity contribution in [3.05, 3.63) is 28.8 Å². The van der Waals surface area contributed by atoms with E-state index in [1.54, 1.807) is 0 Å². The van der Waals surface area contributed by atoms with Crippen LogP contribution < -0.4 is 0 Å². The Morgan fingerprint density at radius 2 is 2.00 bits per heavy atom. The molecule has 1 aromatic carbocycles. The van der Waals surface area contributed by atoms with E-state index < -0.39 is 43.6 Å². The number of carboxylic acid groups (broad SMARTS) is 1. The first kappa shape index (κ1) is 17.0. The van der Waals surface area contributed by atoms with Crippen molar-refractivity contribution in [1.82, 2.24) is 4.31 Å². The quantitative estimate of drug-likeness (QED) is 0.901. The minimum atomic E-state index is -4.89. The van der Waals surface area contributed by atoms with E-state index in [2.05, 4.69) is 0 Å². The zero-order valence-corrected chi connectivity index (χ0v) is 12.5. The summed E-state index contributed by atoms with van der Waals surface area (Å²) in [5, 5.41) is 8.33. The maximum absolute atomic E-state index is 13.0. The van der Waals surface area contributed by atoms with Gasteiger partial charge in [-0.3, -0.25) is 4.79 Å². The summed E-state index contributed by atoms with van der Waals surface area (Å²) in [6, 6.07) is 2.69. The van der Waals surface area contributed by atoms with Gasteiger partial charge < -0.3 is 5.11 Å². The zero-order valence-electron chi connectivity index (χ0n) is 11.0. The molecule has 1 aliphatic rings. The minimum absolute atomic E-state index is 0.0420. The topological polar surface area (TPSA) is 74.7 Å². The van der Waals surface area contributed by atoms with Crippen LogP contribution in [0.25, 0.3) is 0 Å². The molecular formula is C12H11ClF3NO4S. The van der Waals surface area contributed by atoms with Gasteiger partial charge in [0.15, 0.2) is 0 Å². The predicted octanol–water partition coefficient (Wildman–Crippen LogP) is 2.45. The Hall–Kier alpha value is -1.32. The third-order valence-corrected chi connectivity index (χ3v) is 5.76. The number of hydrogen-bond donors (Lipinski definition) is 1. The number of benzene rings is 1. The molecule has 0 spiro atoms. The molecule has 1 fully saturated rings. The van der Waals surface area contributed by atoms with E-state index in [-0.39, 0.29) is 19.5 Å². The summed E-state index contributed by atoms with van der Waals surface area (Å²) in [5.41, 5.74) is -1.36. The smallest absolute Gasteiger partial charge is 0.417 e. The van der Waals surface area contributed by atoms with Gasteiger partial charge in [-0.25, -0.2) is 8.42 Å². The second kappa shape index (κ2) is 5.71. The Bertz CT molecular complexity index is 705. The molecule has 0 aliphatic carbocycles. The Labute approximate surface area is 129 Å².